The Balaban J connectivity index is 3.77. The van der Waals surface area contributed by atoms with E-state index in [2.05, 4.69) is 58.7 Å². The van der Waals surface area contributed by atoms with E-state index in [1.165, 1.54) is 19.5 Å². The standard InChI is InChI=1S/C14H32N2/c1-12(2)11-16(13(3)4)10-8-9-15-14(5,6)7/h12-13,15H,8-11H2,1-7H3. The van der Waals surface area contributed by atoms with Crippen LogP contribution >= 0.6 is 0 Å². The molecule has 0 fully saturated rings. The molecule has 0 amide bonds. The van der Waals surface area contributed by atoms with Crippen LogP contribution in [0.4, 0.5) is 0 Å². The van der Waals surface area contributed by atoms with Crippen molar-refractivity contribution in [3.05, 3.63) is 0 Å². The van der Waals surface area contributed by atoms with Crippen molar-refractivity contribution in [1.82, 2.24) is 10.2 Å². The summed E-state index contributed by atoms with van der Waals surface area (Å²) in [5.74, 6) is 0.762. The van der Waals surface area contributed by atoms with E-state index in [0.717, 1.165) is 12.5 Å². The average Bonchev–Trinajstić information content (AvgIpc) is 2.07. The van der Waals surface area contributed by atoms with Gasteiger partial charge in [0, 0.05) is 18.1 Å². The highest BCUT2D eigenvalue weighted by Gasteiger charge is 2.12. The molecule has 0 spiro atoms. The van der Waals surface area contributed by atoms with Gasteiger partial charge < -0.3 is 10.2 Å². The Morgan fingerprint density at radius 3 is 2.00 bits per heavy atom. The van der Waals surface area contributed by atoms with E-state index in [1.54, 1.807) is 0 Å². The molecule has 0 saturated heterocycles. The molecule has 0 bridgehead atoms. The van der Waals surface area contributed by atoms with Crippen molar-refractivity contribution < 1.29 is 0 Å². The zero-order chi connectivity index (χ0) is 12.8. The fourth-order valence-electron chi connectivity index (χ4n) is 1.77. The van der Waals surface area contributed by atoms with Crippen molar-refractivity contribution >= 4 is 0 Å². The summed E-state index contributed by atoms with van der Waals surface area (Å²) < 4.78 is 0. The summed E-state index contributed by atoms with van der Waals surface area (Å²) in [4.78, 5) is 2.58. The summed E-state index contributed by atoms with van der Waals surface area (Å²) in [6.45, 7) is 19.4. The number of rotatable bonds is 7. The van der Waals surface area contributed by atoms with Crippen LogP contribution < -0.4 is 5.32 Å². The Bertz CT molecular complexity index is 168. The Morgan fingerprint density at radius 2 is 1.62 bits per heavy atom. The van der Waals surface area contributed by atoms with Crippen molar-refractivity contribution in [3.63, 3.8) is 0 Å². The first kappa shape index (κ1) is 15.9. The van der Waals surface area contributed by atoms with Crippen LogP contribution in [0.1, 0.15) is 54.9 Å². The molecule has 0 atom stereocenters. The Labute approximate surface area is 103 Å². The van der Waals surface area contributed by atoms with Crippen molar-refractivity contribution in [3.8, 4) is 0 Å². The molecule has 0 radical (unpaired) electrons. The van der Waals surface area contributed by atoms with Gasteiger partial charge in [-0.2, -0.15) is 0 Å². The summed E-state index contributed by atoms with van der Waals surface area (Å²) in [5.41, 5.74) is 0.251. The lowest BCUT2D eigenvalue weighted by molar-refractivity contribution is 0.193. The number of nitrogens with zero attached hydrogens (tertiary/aromatic N) is 1. The maximum absolute atomic E-state index is 3.54. The lowest BCUT2D eigenvalue weighted by Crippen LogP contribution is -2.39. The first-order chi connectivity index (χ1) is 7.22. The fourth-order valence-corrected chi connectivity index (χ4v) is 1.77. The van der Waals surface area contributed by atoms with Gasteiger partial charge in [-0.05, 0) is 60.0 Å². The highest BCUT2D eigenvalue weighted by molar-refractivity contribution is 4.71. The third kappa shape index (κ3) is 9.17. The van der Waals surface area contributed by atoms with Gasteiger partial charge >= 0.3 is 0 Å². The summed E-state index contributed by atoms with van der Waals surface area (Å²) in [6, 6.07) is 0.664. The van der Waals surface area contributed by atoms with E-state index in [1.807, 2.05) is 0 Å². The van der Waals surface area contributed by atoms with Gasteiger partial charge in [-0.1, -0.05) is 13.8 Å². The van der Waals surface area contributed by atoms with Gasteiger partial charge in [0.15, 0.2) is 0 Å². The predicted octanol–water partition coefficient (Wildman–Crippen LogP) is 3.13. The predicted molar refractivity (Wildman–Crippen MR) is 73.9 cm³/mol. The van der Waals surface area contributed by atoms with Gasteiger partial charge in [-0.15, -0.1) is 0 Å². The molecule has 0 unspecified atom stereocenters. The van der Waals surface area contributed by atoms with Crippen LogP contribution in [-0.2, 0) is 0 Å². The maximum Gasteiger partial charge on any atom is 0.00965 e. The van der Waals surface area contributed by atoms with Crippen LogP contribution in [0.3, 0.4) is 0 Å². The van der Waals surface area contributed by atoms with Gasteiger partial charge in [0.05, 0.1) is 0 Å². The minimum absolute atomic E-state index is 0.251. The van der Waals surface area contributed by atoms with Crippen LogP contribution in [0.2, 0.25) is 0 Å². The monoisotopic (exact) mass is 228 g/mol. The van der Waals surface area contributed by atoms with Crippen molar-refractivity contribution in [2.75, 3.05) is 19.6 Å². The Kier molecular flexibility index (Phi) is 7.25. The van der Waals surface area contributed by atoms with Crippen LogP contribution in [0.15, 0.2) is 0 Å². The Hall–Kier alpha value is -0.0800. The zero-order valence-electron chi connectivity index (χ0n) is 12.4. The molecule has 0 saturated carbocycles. The minimum atomic E-state index is 0.251. The van der Waals surface area contributed by atoms with Crippen molar-refractivity contribution in [2.45, 2.75) is 66.5 Å². The highest BCUT2D eigenvalue weighted by Crippen LogP contribution is 2.05. The lowest BCUT2D eigenvalue weighted by Gasteiger charge is -2.29. The largest absolute Gasteiger partial charge is 0.312 e. The van der Waals surface area contributed by atoms with E-state index in [4.69, 9.17) is 0 Å². The molecule has 98 valence electrons. The van der Waals surface area contributed by atoms with Gasteiger partial charge in [0.1, 0.15) is 0 Å². The number of hydrogen-bond acceptors (Lipinski definition) is 2. The summed E-state index contributed by atoms with van der Waals surface area (Å²) in [6.07, 6.45) is 1.24. The fraction of sp³-hybridized carbons (Fsp3) is 1.00. The number of nitrogens with one attached hydrogen (secondary N) is 1. The van der Waals surface area contributed by atoms with Gasteiger partial charge in [0.25, 0.3) is 0 Å². The lowest BCUT2D eigenvalue weighted by atomic mass is 10.1. The summed E-state index contributed by atoms with van der Waals surface area (Å²) in [5, 5.41) is 3.54. The van der Waals surface area contributed by atoms with Gasteiger partial charge in [0.2, 0.25) is 0 Å². The highest BCUT2D eigenvalue weighted by atomic mass is 15.1. The molecule has 2 heteroatoms. The van der Waals surface area contributed by atoms with Crippen molar-refractivity contribution in [2.24, 2.45) is 5.92 Å². The second kappa shape index (κ2) is 7.29. The smallest absolute Gasteiger partial charge is 0.00965 e. The Morgan fingerprint density at radius 1 is 1.06 bits per heavy atom. The first-order valence-electron chi connectivity index (χ1n) is 6.71. The molecule has 0 aliphatic heterocycles. The maximum atomic E-state index is 3.54. The average molecular weight is 228 g/mol. The summed E-state index contributed by atoms with van der Waals surface area (Å²) in [7, 11) is 0. The third-order valence-electron chi connectivity index (χ3n) is 2.61. The molecular weight excluding hydrogens is 196 g/mol. The molecule has 0 aromatic rings. The van der Waals surface area contributed by atoms with E-state index < -0.39 is 0 Å². The van der Waals surface area contributed by atoms with Crippen LogP contribution in [-0.4, -0.2) is 36.1 Å². The molecular formula is C14H32N2. The minimum Gasteiger partial charge on any atom is -0.312 e. The molecule has 16 heavy (non-hydrogen) atoms. The second-order valence-corrected chi connectivity index (χ2v) is 6.51. The molecule has 0 rings (SSSR count). The quantitative estimate of drug-likeness (QED) is 0.674. The third-order valence-corrected chi connectivity index (χ3v) is 2.61. The van der Waals surface area contributed by atoms with Crippen molar-refractivity contribution in [1.29, 1.82) is 0 Å². The molecule has 0 aliphatic carbocycles. The van der Waals surface area contributed by atoms with E-state index >= 15 is 0 Å². The number of hydrogen-bond donors (Lipinski definition) is 1. The molecule has 0 aromatic carbocycles. The van der Waals surface area contributed by atoms with Crippen LogP contribution in [0, 0.1) is 5.92 Å². The topological polar surface area (TPSA) is 15.3 Å². The van der Waals surface area contributed by atoms with E-state index in [-0.39, 0.29) is 5.54 Å². The van der Waals surface area contributed by atoms with E-state index in [9.17, 15) is 0 Å². The molecule has 0 aliphatic rings. The normalized spacial score (nSPS) is 13.1. The first-order valence-corrected chi connectivity index (χ1v) is 6.71. The molecule has 1 N–H and O–H groups in total. The molecule has 0 heterocycles. The van der Waals surface area contributed by atoms with Gasteiger partial charge in [-0.25, -0.2) is 0 Å². The summed E-state index contributed by atoms with van der Waals surface area (Å²) >= 11 is 0. The second-order valence-electron chi connectivity index (χ2n) is 6.51. The molecule has 0 aromatic heterocycles. The van der Waals surface area contributed by atoms with E-state index in [0.29, 0.717) is 6.04 Å². The van der Waals surface area contributed by atoms with Crippen LogP contribution in [0.5, 0.6) is 0 Å². The van der Waals surface area contributed by atoms with Crippen LogP contribution in [0.25, 0.3) is 0 Å². The SMILES string of the molecule is CC(C)CN(CCCNC(C)(C)C)C(C)C. The van der Waals surface area contributed by atoms with Gasteiger partial charge in [-0.3, -0.25) is 0 Å². The zero-order valence-corrected chi connectivity index (χ0v) is 12.4. The molecule has 2 nitrogen and oxygen atoms in total.